The Morgan fingerprint density at radius 3 is 2.58 bits per heavy atom. The van der Waals surface area contributed by atoms with E-state index in [4.69, 9.17) is 9.47 Å². The number of ether oxygens (including phenoxy) is 2. The van der Waals surface area contributed by atoms with Crippen LogP contribution in [0.5, 0.6) is 11.5 Å². The van der Waals surface area contributed by atoms with Crippen molar-refractivity contribution in [3.63, 3.8) is 0 Å². The van der Waals surface area contributed by atoms with Crippen LogP contribution in [0.1, 0.15) is 21.5 Å². The molecule has 0 atom stereocenters. The van der Waals surface area contributed by atoms with E-state index >= 15 is 0 Å². The molecule has 2 aromatic heterocycles. The van der Waals surface area contributed by atoms with Crippen LogP contribution in [0, 0.1) is 13.8 Å². The van der Waals surface area contributed by atoms with Crippen LogP contribution in [0.15, 0.2) is 59.7 Å². The number of methoxy groups -OCH3 is 2. The molecular formula is C25H26N4O4. The molecule has 0 unspecified atom stereocenters. The first-order valence-electron chi connectivity index (χ1n) is 10.6. The molecule has 0 aliphatic rings. The largest absolute Gasteiger partial charge is 0.493 e. The van der Waals surface area contributed by atoms with Gasteiger partial charge in [0.1, 0.15) is 5.52 Å². The number of fused-ring (bicyclic) bond motifs is 1. The first-order chi connectivity index (χ1) is 15.9. The van der Waals surface area contributed by atoms with E-state index in [0.29, 0.717) is 29.1 Å². The normalized spacial score (nSPS) is 10.9. The molecule has 2 aromatic carbocycles. The van der Waals surface area contributed by atoms with E-state index in [1.54, 1.807) is 45.7 Å². The Hall–Kier alpha value is -4.07. The van der Waals surface area contributed by atoms with Gasteiger partial charge in [-0.05, 0) is 49.2 Å². The first kappa shape index (κ1) is 22.1. The van der Waals surface area contributed by atoms with Crippen LogP contribution in [-0.4, -0.2) is 40.9 Å². The highest BCUT2D eigenvalue weighted by Gasteiger charge is 2.16. The lowest BCUT2D eigenvalue weighted by Gasteiger charge is -2.13. The monoisotopic (exact) mass is 446 g/mol. The molecule has 33 heavy (non-hydrogen) atoms. The lowest BCUT2D eigenvalue weighted by atomic mass is 10.0. The van der Waals surface area contributed by atoms with Gasteiger partial charge in [0.15, 0.2) is 11.5 Å². The van der Waals surface area contributed by atoms with Crippen molar-refractivity contribution in [2.24, 2.45) is 0 Å². The Morgan fingerprint density at radius 1 is 1.03 bits per heavy atom. The molecule has 170 valence electrons. The summed E-state index contributed by atoms with van der Waals surface area (Å²) >= 11 is 0. The number of hydrogen-bond donors (Lipinski definition) is 1. The van der Waals surface area contributed by atoms with Crippen LogP contribution >= 0.6 is 0 Å². The van der Waals surface area contributed by atoms with Gasteiger partial charge in [-0.2, -0.15) is 5.10 Å². The van der Waals surface area contributed by atoms with Crippen molar-refractivity contribution in [2.45, 2.75) is 20.4 Å². The second-order valence-corrected chi connectivity index (χ2v) is 7.75. The molecule has 1 N–H and O–H groups in total. The zero-order valence-corrected chi connectivity index (χ0v) is 19.1. The number of nitrogens with one attached hydrogen (secondary N) is 1. The minimum absolute atomic E-state index is 0.173. The summed E-state index contributed by atoms with van der Waals surface area (Å²) in [5, 5.41) is 7.38. The molecule has 4 aromatic rings. The Kier molecular flexibility index (Phi) is 6.17. The second-order valence-electron chi connectivity index (χ2n) is 7.75. The smallest absolute Gasteiger partial charge is 0.276 e. The minimum atomic E-state index is -0.304. The third kappa shape index (κ3) is 4.32. The summed E-state index contributed by atoms with van der Waals surface area (Å²) in [6.45, 7) is 4.70. The first-order valence-corrected chi connectivity index (χ1v) is 10.6. The minimum Gasteiger partial charge on any atom is -0.493 e. The summed E-state index contributed by atoms with van der Waals surface area (Å²) in [6.07, 6.45) is 3.42. The number of amides is 1. The van der Waals surface area contributed by atoms with Gasteiger partial charge in [0, 0.05) is 31.0 Å². The Bertz CT molecular complexity index is 1390. The van der Waals surface area contributed by atoms with Crippen molar-refractivity contribution in [3.8, 4) is 22.8 Å². The summed E-state index contributed by atoms with van der Waals surface area (Å²) in [7, 11) is 3.01. The van der Waals surface area contributed by atoms with Crippen LogP contribution in [0.2, 0.25) is 0 Å². The number of hydrogen-bond acceptors (Lipinski definition) is 5. The molecule has 0 aliphatic heterocycles. The predicted octanol–water partition coefficient (Wildman–Crippen LogP) is 3.23. The zero-order chi connectivity index (χ0) is 23.5. The number of aryl methyl sites for hydroxylation is 2. The molecule has 0 spiro atoms. The van der Waals surface area contributed by atoms with Gasteiger partial charge >= 0.3 is 0 Å². The highest BCUT2D eigenvalue weighted by atomic mass is 16.5. The summed E-state index contributed by atoms with van der Waals surface area (Å²) in [5.41, 5.74) is 4.76. The van der Waals surface area contributed by atoms with E-state index in [9.17, 15) is 9.59 Å². The number of aromatic nitrogens is 3. The average molecular weight is 447 g/mol. The number of benzene rings is 2. The van der Waals surface area contributed by atoms with Gasteiger partial charge in [-0.25, -0.2) is 4.52 Å². The average Bonchev–Trinajstić information content (AvgIpc) is 3.26. The molecule has 1 amide bonds. The van der Waals surface area contributed by atoms with Gasteiger partial charge in [0.2, 0.25) is 0 Å². The maximum Gasteiger partial charge on any atom is 0.276 e. The molecule has 0 saturated carbocycles. The van der Waals surface area contributed by atoms with Gasteiger partial charge < -0.3 is 19.4 Å². The fourth-order valence-corrected chi connectivity index (χ4v) is 3.70. The van der Waals surface area contributed by atoms with E-state index in [0.717, 1.165) is 11.3 Å². The van der Waals surface area contributed by atoms with E-state index in [-0.39, 0.29) is 18.0 Å². The van der Waals surface area contributed by atoms with Crippen molar-refractivity contribution in [3.05, 3.63) is 81.9 Å². The predicted molar refractivity (Wildman–Crippen MR) is 126 cm³/mol. The standard InChI is InChI=1S/C25H26N4O4/c1-16-8-9-18(14-17(16)2)20-15-21-25(31)28(12-13-29(21)27-20)11-10-26-24(30)19-6-5-7-22(32-3)23(19)33-4/h5-9,12-15H,10-11H2,1-4H3,(H,26,30). The topological polar surface area (TPSA) is 86.9 Å². The summed E-state index contributed by atoms with van der Waals surface area (Å²) < 4.78 is 13.7. The summed E-state index contributed by atoms with van der Waals surface area (Å²) in [4.78, 5) is 25.6. The fourth-order valence-electron chi connectivity index (χ4n) is 3.70. The van der Waals surface area contributed by atoms with Crippen molar-refractivity contribution in [1.82, 2.24) is 19.5 Å². The molecular weight excluding hydrogens is 420 g/mol. The SMILES string of the molecule is COc1cccc(C(=O)NCCn2ccn3nc(-c4ccc(C)c(C)c4)cc3c2=O)c1OC. The van der Waals surface area contributed by atoms with Gasteiger partial charge in [0.05, 0.1) is 25.5 Å². The van der Waals surface area contributed by atoms with Crippen LogP contribution in [0.4, 0.5) is 0 Å². The Morgan fingerprint density at radius 2 is 1.85 bits per heavy atom. The Labute approximate surface area is 191 Å². The molecule has 0 radical (unpaired) electrons. The number of carbonyl (C=O) groups is 1. The second kappa shape index (κ2) is 9.20. The number of rotatable bonds is 7. The summed E-state index contributed by atoms with van der Waals surface area (Å²) in [6, 6.07) is 13.0. The molecule has 8 heteroatoms. The quantitative estimate of drug-likeness (QED) is 0.471. The van der Waals surface area contributed by atoms with E-state index < -0.39 is 0 Å². The van der Waals surface area contributed by atoms with Crippen molar-refractivity contribution < 1.29 is 14.3 Å². The lowest BCUT2D eigenvalue weighted by Crippen LogP contribution is -2.31. The number of nitrogens with zero attached hydrogens (tertiary/aromatic N) is 3. The molecule has 2 heterocycles. The van der Waals surface area contributed by atoms with Crippen molar-refractivity contribution in [2.75, 3.05) is 20.8 Å². The molecule has 0 fully saturated rings. The van der Waals surface area contributed by atoms with Crippen LogP contribution < -0.4 is 20.3 Å². The van der Waals surface area contributed by atoms with Gasteiger partial charge in [-0.1, -0.05) is 18.2 Å². The maximum atomic E-state index is 13.0. The zero-order valence-electron chi connectivity index (χ0n) is 19.1. The number of para-hydroxylation sites is 1. The van der Waals surface area contributed by atoms with Crippen LogP contribution in [0.3, 0.4) is 0 Å². The molecule has 0 saturated heterocycles. The number of carbonyl (C=O) groups excluding carboxylic acids is 1. The highest BCUT2D eigenvalue weighted by molar-refractivity contribution is 5.97. The van der Waals surface area contributed by atoms with Crippen molar-refractivity contribution in [1.29, 1.82) is 0 Å². The van der Waals surface area contributed by atoms with Gasteiger partial charge in [-0.15, -0.1) is 0 Å². The third-order valence-corrected chi connectivity index (χ3v) is 5.69. The third-order valence-electron chi connectivity index (χ3n) is 5.69. The van der Waals surface area contributed by atoms with E-state index in [1.165, 1.54) is 25.3 Å². The van der Waals surface area contributed by atoms with E-state index in [1.807, 2.05) is 12.1 Å². The Balaban J connectivity index is 1.51. The fraction of sp³-hybridized carbons (Fsp3) is 0.240. The maximum absolute atomic E-state index is 13.0. The lowest BCUT2D eigenvalue weighted by molar-refractivity contribution is 0.0948. The molecule has 8 nitrogen and oxygen atoms in total. The van der Waals surface area contributed by atoms with Gasteiger partial charge in [0.25, 0.3) is 11.5 Å². The van der Waals surface area contributed by atoms with Crippen LogP contribution in [-0.2, 0) is 6.54 Å². The molecule has 0 aliphatic carbocycles. The summed E-state index contributed by atoms with van der Waals surface area (Å²) in [5.74, 6) is 0.544. The van der Waals surface area contributed by atoms with Crippen LogP contribution in [0.25, 0.3) is 16.8 Å². The van der Waals surface area contributed by atoms with E-state index in [2.05, 4.69) is 30.3 Å². The highest BCUT2D eigenvalue weighted by Crippen LogP contribution is 2.30. The van der Waals surface area contributed by atoms with Gasteiger partial charge in [-0.3, -0.25) is 9.59 Å². The molecule has 4 rings (SSSR count). The van der Waals surface area contributed by atoms with Crippen molar-refractivity contribution >= 4 is 11.4 Å². The molecule has 0 bridgehead atoms.